The molecule has 1 aliphatic carbocycles. The number of nitrogens with one attached hydrogen (secondary N) is 1. The Hall–Kier alpha value is -2.26. The van der Waals surface area contributed by atoms with Gasteiger partial charge in [0.25, 0.3) is 0 Å². The summed E-state index contributed by atoms with van der Waals surface area (Å²) in [5, 5.41) is 11.3. The first-order valence-electron chi connectivity index (χ1n) is 9.90. The maximum Gasteiger partial charge on any atom is 0.416 e. The number of hydrogen-bond donors (Lipinski definition) is 1. The first-order chi connectivity index (χ1) is 14.0. The third kappa shape index (κ3) is 4.51. The lowest BCUT2D eigenvalue weighted by molar-refractivity contribution is -0.137. The van der Waals surface area contributed by atoms with Gasteiger partial charge in [0, 0.05) is 30.7 Å². The molecule has 0 atom stereocenters. The van der Waals surface area contributed by atoms with Crippen molar-refractivity contribution in [1.82, 2.24) is 20.1 Å². The van der Waals surface area contributed by atoms with Gasteiger partial charge in [0.15, 0.2) is 0 Å². The normalized spacial score (nSPS) is 20.0. The molecule has 0 radical (unpaired) electrons. The minimum Gasteiger partial charge on any atom is -0.379 e. The molecule has 29 heavy (non-hydrogen) atoms. The summed E-state index contributed by atoms with van der Waals surface area (Å²) in [4.78, 5) is 6.89. The number of alkyl halides is 3. The predicted molar refractivity (Wildman–Crippen MR) is 102 cm³/mol. The highest BCUT2D eigenvalue weighted by Crippen LogP contribution is 2.36. The molecule has 1 aromatic heterocycles. The number of morpholine rings is 1. The maximum absolute atomic E-state index is 13.0. The molecular weight excluding hydrogens is 383 g/mol. The molecule has 0 spiro atoms. The van der Waals surface area contributed by atoms with Crippen molar-refractivity contribution in [3.63, 3.8) is 0 Å². The Morgan fingerprint density at radius 3 is 2.62 bits per heavy atom. The smallest absolute Gasteiger partial charge is 0.379 e. The predicted octanol–water partition coefficient (Wildman–Crippen LogP) is 3.61. The topological polar surface area (TPSA) is 63.2 Å². The van der Waals surface area contributed by atoms with Crippen molar-refractivity contribution in [3.8, 4) is 11.3 Å². The molecule has 1 saturated heterocycles. The Kier molecular flexibility index (Phi) is 5.69. The summed E-state index contributed by atoms with van der Waals surface area (Å²) in [5.74, 6) is 0.333. The fraction of sp³-hybridized carbons (Fsp3) is 0.550. The molecule has 0 bridgehead atoms. The molecule has 6 nitrogen and oxygen atoms in total. The van der Waals surface area contributed by atoms with Crippen molar-refractivity contribution in [3.05, 3.63) is 36.0 Å². The molecule has 0 amide bonds. The number of aromatic nitrogens is 3. The van der Waals surface area contributed by atoms with Gasteiger partial charge in [-0.25, -0.2) is 4.98 Å². The van der Waals surface area contributed by atoms with Crippen LogP contribution in [-0.4, -0.2) is 58.5 Å². The van der Waals surface area contributed by atoms with E-state index in [0.717, 1.165) is 51.3 Å². The number of anilines is 1. The van der Waals surface area contributed by atoms with Crippen molar-refractivity contribution < 1.29 is 17.9 Å². The number of ether oxygens (including phenoxy) is 1. The third-order valence-electron chi connectivity index (χ3n) is 5.84. The SMILES string of the molecule is FC(F)(F)c1cccc(-c2cnnc(NCC3(N4CCOCC4)CCCC3)n2)c1. The van der Waals surface area contributed by atoms with E-state index < -0.39 is 11.7 Å². The molecule has 2 heterocycles. The number of benzene rings is 1. The van der Waals surface area contributed by atoms with E-state index in [0.29, 0.717) is 23.8 Å². The Labute approximate surface area is 167 Å². The largest absolute Gasteiger partial charge is 0.416 e. The van der Waals surface area contributed by atoms with Gasteiger partial charge in [-0.15, -0.1) is 5.10 Å². The molecular formula is C20H24F3N5O. The van der Waals surface area contributed by atoms with Gasteiger partial charge in [-0.2, -0.15) is 18.3 Å². The van der Waals surface area contributed by atoms with Gasteiger partial charge in [-0.3, -0.25) is 4.90 Å². The van der Waals surface area contributed by atoms with Gasteiger partial charge < -0.3 is 10.1 Å². The van der Waals surface area contributed by atoms with Gasteiger partial charge >= 0.3 is 6.18 Å². The molecule has 1 saturated carbocycles. The number of halogens is 3. The molecule has 2 aliphatic rings. The van der Waals surface area contributed by atoms with Crippen LogP contribution >= 0.6 is 0 Å². The molecule has 0 unspecified atom stereocenters. The zero-order chi connectivity index (χ0) is 20.3. The standard InChI is InChI=1S/C20H24F3N5O/c21-20(22,23)16-5-3-4-15(12-16)17-13-25-27-18(26-17)24-14-19(6-1-2-7-19)28-8-10-29-11-9-28/h3-5,12-13H,1-2,6-11,14H2,(H,24,26,27). The van der Waals surface area contributed by atoms with E-state index in [9.17, 15) is 13.2 Å². The monoisotopic (exact) mass is 407 g/mol. The first kappa shape index (κ1) is 20.0. The molecule has 2 aromatic rings. The maximum atomic E-state index is 13.0. The van der Waals surface area contributed by atoms with Gasteiger partial charge in [0.2, 0.25) is 5.95 Å². The third-order valence-corrected chi connectivity index (χ3v) is 5.84. The highest BCUT2D eigenvalue weighted by atomic mass is 19.4. The fourth-order valence-electron chi connectivity index (χ4n) is 4.29. The first-order valence-corrected chi connectivity index (χ1v) is 9.90. The average molecular weight is 407 g/mol. The fourth-order valence-corrected chi connectivity index (χ4v) is 4.29. The van der Waals surface area contributed by atoms with E-state index >= 15 is 0 Å². The van der Waals surface area contributed by atoms with E-state index in [1.165, 1.54) is 25.1 Å². The summed E-state index contributed by atoms with van der Waals surface area (Å²) in [5.41, 5.74) is 0.0571. The molecule has 1 N–H and O–H groups in total. The van der Waals surface area contributed by atoms with Gasteiger partial charge in [-0.1, -0.05) is 25.0 Å². The molecule has 1 aliphatic heterocycles. The average Bonchev–Trinajstić information content (AvgIpc) is 3.23. The van der Waals surface area contributed by atoms with Gasteiger partial charge in [0.1, 0.15) is 0 Å². The van der Waals surface area contributed by atoms with Crippen LogP contribution in [0.15, 0.2) is 30.5 Å². The number of hydrogen-bond acceptors (Lipinski definition) is 6. The van der Waals surface area contributed by atoms with E-state index in [1.54, 1.807) is 6.07 Å². The summed E-state index contributed by atoms with van der Waals surface area (Å²) in [6, 6.07) is 5.10. The highest BCUT2D eigenvalue weighted by molar-refractivity contribution is 5.60. The Morgan fingerprint density at radius 2 is 1.90 bits per heavy atom. The van der Waals surface area contributed by atoms with E-state index in [4.69, 9.17) is 4.74 Å². The quantitative estimate of drug-likeness (QED) is 0.817. The van der Waals surface area contributed by atoms with Crippen LogP contribution in [0, 0.1) is 0 Å². The minimum atomic E-state index is -4.40. The Balaban J connectivity index is 1.50. The van der Waals surface area contributed by atoms with Crippen LogP contribution in [0.1, 0.15) is 31.2 Å². The second-order valence-corrected chi connectivity index (χ2v) is 7.63. The molecule has 2 fully saturated rings. The summed E-state index contributed by atoms with van der Waals surface area (Å²) < 4.78 is 44.5. The van der Waals surface area contributed by atoms with Crippen molar-refractivity contribution in [1.29, 1.82) is 0 Å². The highest BCUT2D eigenvalue weighted by Gasteiger charge is 2.40. The van der Waals surface area contributed by atoms with Crippen LogP contribution < -0.4 is 5.32 Å². The van der Waals surface area contributed by atoms with Crippen LogP contribution in [0.3, 0.4) is 0 Å². The zero-order valence-electron chi connectivity index (χ0n) is 16.1. The van der Waals surface area contributed by atoms with Crippen LogP contribution in [0.5, 0.6) is 0 Å². The lowest BCUT2D eigenvalue weighted by Gasteiger charge is -2.43. The van der Waals surface area contributed by atoms with Crippen molar-refractivity contribution in [2.45, 2.75) is 37.4 Å². The molecule has 9 heteroatoms. The van der Waals surface area contributed by atoms with Crippen molar-refractivity contribution in [2.75, 3.05) is 38.2 Å². The van der Waals surface area contributed by atoms with E-state index in [2.05, 4.69) is 25.4 Å². The van der Waals surface area contributed by atoms with Gasteiger partial charge in [0.05, 0.1) is 30.7 Å². The number of rotatable bonds is 5. The van der Waals surface area contributed by atoms with Gasteiger partial charge in [-0.05, 0) is 25.0 Å². The summed E-state index contributed by atoms with van der Waals surface area (Å²) in [6.45, 7) is 3.98. The zero-order valence-corrected chi connectivity index (χ0v) is 16.1. The lowest BCUT2D eigenvalue weighted by Crippen LogP contribution is -2.55. The Morgan fingerprint density at radius 1 is 1.14 bits per heavy atom. The Bertz CT molecular complexity index is 833. The molecule has 4 rings (SSSR count). The molecule has 156 valence electrons. The lowest BCUT2D eigenvalue weighted by atomic mass is 9.94. The summed E-state index contributed by atoms with van der Waals surface area (Å²) in [6.07, 6.45) is 1.55. The summed E-state index contributed by atoms with van der Waals surface area (Å²) >= 11 is 0. The van der Waals surface area contributed by atoms with E-state index in [-0.39, 0.29) is 5.54 Å². The van der Waals surface area contributed by atoms with E-state index in [1.807, 2.05) is 0 Å². The number of nitrogens with zero attached hydrogens (tertiary/aromatic N) is 4. The minimum absolute atomic E-state index is 0.0410. The van der Waals surface area contributed by atoms with Crippen molar-refractivity contribution in [2.24, 2.45) is 0 Å². The van der Waals surface area contributed by atoms with Crippen LogP contribution in [0.4, 0.5) is 19.1 Å². The molecule has 1 aromatic carbocycles. The summed E-state index contributed by atoms with van der Waals surface area (Å²) in [7, 11) is 0. The van der Waals surface area contributed by atoms with Crippen LogP contribution in [-0.2, 0) is 10.9 Å². The van der Waals surface area contributed by atoms with Crippen LogP contribution in [0.25, 0.3) is 11.3 Å². The second kappa shape index (κ2) is 8.23. The van der Waals surface area contributed by atoms with Crippen LogP contribution in [0.2, 0.25) is 0 Å². The van der Waals surface area contributed by atoms with Crippen molar-refractivity contribution >= 4 is 5.95 Å². The second-order valence-electron chi connectivity index (χ2n) is 7.63.